The molecule has 0 atom stereocenters. The molecule has 0 aliphatic carbocycles. The van der Waals surface area contributed by atoms with E-state index in [0.717, 1.165) is 0 Å². The van der Waals surface area contributed by atoms with Gasteiger partial charge in [-0.15, -0.1) is 6.58 Å². The van der Waals surface area contributed by atoms with E-state index in [2.05, 4.69) is 6.58 Å². The van der Waals surface area contributed by atoms with Crippen LogP contribution in [0, 0.1) is 5.82 Å². The average Bonchev–Trinajstić information content (AvgIpc) is 2.26. The highest BCUT2D eigenvalue weighted by Crippen LogP contribution is 2.20. The molecule has 86 valence electrons. The second-order valence-corrected chi connectivity index (χ2v) is 3.55. The molecule has 3 heteroatoms. The molecule has 0 heterocycles. The van der Waals surface area contributed by atoms with Gasteiger partial charge < -0.3 is 4.90 Å². The van der Waals surface area contributed by atoms with Crippen molar-refractivity contribution in [1.29, 1.82) is 0 Å². The normalized spacial score (nSPS) is 9.94. The van der Waals surface area contributed by atoms with E-state index in [1.165, 1.54) is 13.0 Å². The summed E-state index contributed by atoms with van der Waals surface area (Å²) in [4.78, 5) is 12.9. The molecule has 16 heavy (non-hydrogen) atoms. The summed E-state index contributed by atoms with van der Waals surface area (Å²) in [5.41, 5.74) is 0.906. The van der Waals surface area contributed by atoms with Crippen LogP contribution in [-0.4, -0.2) is 18.9 Å². The Bertz CT molecular complexity index is 401. The number of rotatable bonds is 5. The van der Waals surface area contributed by atoms with E-state index in [1.807, 2.05) is 11.8 Å². The largest absolute Gasteiger partial charge is 0.366 e. The summed E-state index contributed by atoms with van der Waals surface area (Å²) in [5, 5.41) is 0. The molecule has 0 saturated carbocycles. The standard InChI is InChI=1S/C13H16FNO/c1-4-8-15(5-2)13-7-6-11(10(3)16)9-12(13)14/h4,6-7,9H,1,5,8H2,2-3H3. The summed E-state index contributed by atoms with van der Waals surface area (Å²) in [6.45, 7) is 8.29. The lowest BCUT2D eigenvalue weighted by Gasteiger charge is -2.22. The van der Waals surface area contributed by atoms with Gasteiger partial charge in [-0.3, -0.25) is 4.79 Å². The number of likely N-dealkylation sites (N-methyl/N-ethyl adjacent to an activating group) is 1. The van der Waals surface area contributed by atoms with Gasteiger partial charge in [0.2, 0.25) is 0 Å². The van der Waals surface area contributed by atoms with Crippen LogP contribution in [0.2, 0.25) is 0 Å². The van der Waals surface area contributed by atoms with Crippen molar-refractivity contribution in [3.05, 3.63) is 42.2 Å². The fourth-order valence-corrected chi connectivity index (χ4v) is 1.54. The Morgan fingerprint density at radius 2 is 2.25 bits per heavy atom. The van der Waals surface area contributed by atoms with Crippen LogP contribution in [0.5, 0.6) is 0 Å². The molecule has 0 N–H and O–H groups in total. The van der Waals surface area contributed by atoms with Crippen LogP contribution in [0.3, 0.4) is 0 Å². The van der Waals surface area contributed by atoms with Gasteiger partial charge in [0.15, 0.2) is 5.78 Å². The monoisotopic (exact) mass is 221 g/mol. The zero-order valence-electron chi connectivity index (χ0n) is 9.66. The first-order chi connectivity index (χ1) is 7.60. The van der Waals surface area contributed by atoms with Crippen molar-refractivity contribution in [3.8, 4) is 0 Å². The fourth-order valence-electron chi connectivity index (χ4n) is 1.54. The van der Waals surface area contributed by atoms with E-state index in [-0.39, 0.29) is 11.6 Å². The Morgan fingerprint density at radius 3 is 2.69 bits per heavy atom. The van der Waals surface area contributed by atoms with Crippen LogP contribution >= 0.6 is 0 Å². The van der Waals surface area contributed by atoms with Crippen molar-refractivity contribution in [1.82, 2.24) is 0 Å². The van der Waals surface area contributed by atoms with Crippen molar-refractivity contribution in [2.24, 2.45) is 0 Å². The second kappa shape index (κ2) is 5.45. The summed E-state index contributed by atoms with van der Waals surface area (Å²) in [5.74, 6) is -0.492. The highest BCUT2D eigenvalue weighted by atomic mass is 19.1. The molecular formula is C13H16FNO. The smallest absolute Gasteiger partial charge is 0.159 e. The lowest BCUT2D eigenvalue weighted by molar-refractivity contribution is 0.101. The molecule has 0 aliphatic heterocycles. The number of hydrogen-bond acceptors (Lipinski definition) is 2. The van der Waals surface area contributed by atoms with Crippen LogP contribution in [0.4, 0.5) is 10.1 Å². The Morgan fingerprint density at radius 1 is 1.56 bits per heavy atom. The average molecular weight is 221 g/mol. The quantitative estimate of drug-likeness (QED) is 0.562. The summed E-state index contributed by atoms with van der Waals surface area (Å²) >= 11 is 0. The van der Waals surface area contributed by atoms with Gasteiger partial charge in [0.25, 0.3) is 0 Å². The van der Waals surface area contributed by atoms with Gasteiger partial charge >= 0.3 is 0 Å². The fraction of sp³-hybridized carbons (Fsp3) is 0.308. The molecule has 1 aromatic carbocycles. The molecule has 0 saturated heterocycles. The Hall–Kier alpha value is -1.64. The number of benzene rings is 1. The molecule has 0 amide bonds. The second-order valence-electron chi connectivity index (χ2n) is 3.55. The zero-order valence-corrected chi connectivity index (χ0v) is 9.66. The zero-order chi connectivity index (χ0) is 12.1. The predicted octanol–water partition coefficient (Wildman–Crippen LogP) is 3.04. The maximum atomic E-state index is 13.7. The van der Waals surface area contributed by atoms with Gasteiger partial charge in [-0.05, 0) is 32.0 Å². The lowest BCUT2D eigenvalue weighted by atomic mass is 10.1. The molecule has 0 spiro atoms. The Kier molecular flexibility index (Phi) is 4.23. The third kappa shape index (κ3) is 2.69. The minimum atomic E-state index is -0.364. The third-order valence-corrected chi connectivity index (χ3v) is 2.43. The first-order valence-electron chi connectivity index (χ1n) is 5.26. The Balaban J connectivity index is 3.05. The van der Waals surface area contributed by atoms with Crippen LogP contribution in [0.1, 0.15) is 24.2 Å². The lowest BCUT2D eigenvalue weighted by Crippen LogP contribution is -2.23. The highest BCUT2D eigenvalue weighted by molar-refractivity contribution is 5.94. The molecule has 2 nitrogen and oxygen atoms in total. The van der Waals surface area contributed by atoms with Crippen molar-refractivity contribution in [3.63, 3.8) is 0 Å². The molecule has 0 radical (unpaired) electrons. The third-order valence-electron chi connectivity index (χ3n) is 2.43. The van der Waals surface area contributed by atoms with Crippen LogP contribution < -0.4 is 4.90 Å². The number of carbonyl (C=O) groups is 1. The van der Waals surface area contributed by atoms with Gasteiger partial charge in [0, 0.05) is 18.7 Å². The SMILES string of the molecule is C=CCN(CC)c1ccc(C(C)=O)cc1F. The van der Waals surface area contributed by atoms with Crippen molar-refractivity contribution < 1.29 is 9.18 Å². The molecule has 1 aromatic rings. The van der Waals surface area contributed by atoms with E-state index < -0.39 is 0 Å². The van der Waals surface area contributed by atoms with Crippen molar-refractivity contribution >= 4 is 11.5 Å². The highest BCUT2D eigenvalue weighted by Gasteiger charge is 2.10. The molecule has 0 unspecified atom stereocenters. The first kappa shape index (κ1) is 12.4. The predicted molar refractivity (Wildman–Crippen MR) is 64.5 cm³/mol. The molecule has 0 bridgehead atoms. The van der Waals surface area contributed by atoms with E-state index in [4.69, 9.17) is 0 Å². The molecule has 0 aliphatic rings. The number of hydrogen-bond donors (Lipinski definition) is 0. The van der Waals surface area contributed by atoms with Crippen LogP contribution in [0.15, 0.2) is 30.9 Å². The van der Waals surface area contributed by atoms with E-state index in [0.29, 0.717) is 24.3 Å². The summed E-state index contributed by atoms with van der Waals surface area (Å²) in [7, 11) is 0. The number of halogens is 1. The number of Topliss-reactive ketones (excluding diaryl/α,β-unsaturated/α-hetero) is 1. The van der Waals surface area contributed by atoms with Crippen molar-refractivity contribution in [2.75, 3.05) is 18.0 Å². The Labute approximate surface area is 95.4 Å². The van der Waals surface area contributed by atoms with Crippen molar-refractivity contribution in [2.45, 2.75) is 13.8 Å². The maximum absolute atomic E-state index is 13.7. The number of nitrogens with zero attached hydrogens (tertiary/aromatic N) is 1. The van der Waals surface area contributed by atoms with Crippen LogP contribution in [-0.2, 0) is 0 Å². The van der Waals surface area contributed by atoms with E-state index in [9.17, 15) is 9.18 Å². The van der Waals surface area contributed by atoms with E-state index in [1.54, 1.807) is 18.2 Å². The van der Waals surface area contributed by atoms with Gasteiger partial charge in [0.1, 0.15) is 5.82 Å². The number of ketones is 1. The van der Waals surface area contributed by atoms with Crippen LogP contribution in [0.25, 0.3) is 0 Å². The van der Waals surface area contributed by atoms with Gasteiger partial charge in [-0.1, -0.05) is 6.08 Å². The number of anilines is 1. The topological polar surface area (TPSA) is 20.3 Å². The summed E-state index contributed by atoms with van der Waals surface area (Å²) < 4.78 is 13.7. The minimum Gasteiger partial charge on any atom is -0.366 e. The maximum Gasteiger partial charge on any atom is 0.159 e. The minimum absolute atomic E-state index is 0.128. The summed E-state index contributed by atoms with van der Waals surface area (Å²) in [6.07, 6.45) is 1.72. The van der Waals surface area contributed by atoms with Gasteiger partial charge in [-0.25, -0.2) is 4.39 Å². The number of carbonyl (C=O) groups excluding carboxylic acids is 1. The van der Waals surface area contributed by atoms with E-state index >= 15 is 0 Å². The molecular weight excluding hydrogens is 205 g/mol. The van der Waals surface area contributed by atoms with Gasteiger partial charge in [-0.2, -0.15) is 0 Å². The summed E-state index contributed by atoms with van der Waals surface area (Å²) in [6, 6.07) is 4.56. The molecule has 0 fully saturated rings. The molecule has 0 aromatic heterocycles. The first-order valence-corrected chi connectivity index (χ1v) is 5.26. The molecule has 1 rings (SSSR count). The van der Waals surface area contributed by atoms with Gasteiger partial charge in [0.05, 0.1) is 5.69 Å².